The van der Waals surface area contributed by atoms with Gasteiger partial charge in [0.25, 0.3) is 0 Å². The molecular weight excluding hydrogens is 374 g/mol. The number of aromatic nitrogens is 3. The molecule has 19 heavy (non-hydrogen) atoms. The molecule has 102 valence electrons. The van der Waals surface area contributed by atoms with Gasteiger partial charge in [-0.1, -0.05) is 0 Å². The fraction of sp³-hybridized carbons (Fsp3) is 0.333. The van der Waals surface area contributed by atoms with E-state index in [2.05, 4.69) is 47.4 Å². The van der Waals surface area contributed by atoms with Gasteiger partial charge in [-0.3, -0.25) is 20.9 Å². The second kappa shape index (κ2) is 6.60. The van der Waals surface area contributed by atoms with Crippen molar-refractivity contribution in [3.63, 3.8) is 0 Å². The summed E-state index contributed by atoms with van der Waals surface area (Å²) in [4.78, 5) is 4.41. The van der Waals surface area contributed by atoms with Crippen LogP contribution in [0.4, 0.5) is 0 Å². The number of halogens is 2. The maximum atomic E-state index is 5.64. The first kappa shape index (κ1) is 14.6. The molecule has 2 aromatic heterocycles. The van der Waals surface area contributed by atoms with Gasteiger partial charge in [-0.05, 0) is 56.8 Å². The van der Waals surface area contributed by atoms with Crippen molar-refractivity contribution in [1.82, 2.24) is 20.2 Å². The molecule has 0 saturated carbocycles. The van der Waals surface area contributed by atoms with Gasteiger partial charge >= 0.3 is 0 Å². The van der Waals surface area contributed by atoms with Crippen LogP contribution in [0.15, 0.2) is 33.5 Å². The van der Waals surface area contributed by atoms with Crippen molar-refractivity contribution in [2.24, 2.45) is 12.9 Å². The smallest absolute Gasteiger partial charge is 0.0729 e. The number of pyridine rings is 1. The Kier molecular flexibility index (Phi) is 5.09. The Morgan fingerprint density at radius 1 is 1.47 bits per heavy atom. The van der Waals surface area contributed by atoms with Gasteiger partial charge in [0.05, 0.1) is 11.7 Å². The van der Waals surface area contributed by atoms with Crippen LogP contribution in [0.25, 0.3) is 0 Å². The van der Waals surface area contributed by atoms with Crippen LogP contribution in [0.1, 0.15) is 23.9 Å². The topological polar surface area (TPSA) is 68.8 Å². The number of aryl methyl sites for hydroxylation is 2. The second-order valence-electron chi connectivity index (χ2n) is 4.22. The summed E-state index contributed by atoms with van der Waals surface area (Å²) in [6, 6.07) is 3.98. The van der Waals surface area contributed by atoms with Crippen molar-refractivity contribution in [1.29, 1.82) is 0 Å². The molecule has 0 aromatic carbocycles. The molecule has 3 N–H and O–H groups in total. The lowest BCUT2D eigenvalue weighted by Gasteiger charge is -2.16. The van der Waals surface area contributed by atoms with Crippen LogP contribution >= 0.6 is 31.9 Å². The molecule has 7 heteroatoms. The normalized spacial score (nSPS) is 12.6. The van der Waals surface area contributed by atoms with Gasteiger partial charge in [0.2, 0.25) is 0 Å². The van der Waals surface area contributed by atoms with E-state index in [4.69, 9.17) is 5.84 Å². The molecule has 0 spiro atoms. The van der Waals surface area contributed by atoms with E-state index in [1.165, 1.54) is 5.69 Å². The molecule has 0 saturated heterocycles. The first-order valence-electron chi connectivity index (χ1n) is 5.85. The minimum absolute atomic E-state index is 0.00243. The zero-order valence-corrected chi connectivity index (χ0v) is 13.6. The fourth-order valence-corrected chi connectivity index (χ4v) is 3.18. The first-order chi connectivity index (χ1) is 9.11. The molecule has 2 heterocycles. The van der Waals surface area contributed by atoms with Crippen molar-refractivity contribution in [3.8, 4) is 0 Å². The minimum atomic E-state index is -0.00243. The van der Waals surface area contributed by atoms with E-state index in [-0.39, 0.29) is 6.04 Å². The molecule has 0 aliphatic rings. The molecule has 1 atom stereocenters. The molecule has 1 unspecified atom stereocenters. The highest BCUT2D eigenvalue weighted by Gasteiger charge is 2.15. The van der Waals surface area contributed by atoms with Gasteiger partial charge in [0.1, 0.15) is 0 Å². The Bertz CT molecular complexity index is 555. The van der Waals surface area contributed by atoms with Gasteiger partial charge in [-0.15, -0.1) is 0 Å². The Morgan fingerprint density at radius 3 is 2.84 bits per heavy atom. The number of hydrazine groups is 1. The maximum Gasteiger partial charge on any atom is 0.0729 e. The molecule has 0 radical (unpaired) electrons. The van der Waals surface area contributed by atoms with E-state index in [1.54, 1.807) is 12.4 Å². The molecule has 0 bridgehead atoms. The van der Waals surface area contributed by atoms with Gasteiger partial charge in [0, 0.05) is 34.1 Å². The summed E-state index contributed by atoms with van der Waals surface area (Å²) >= 11 is 6.91. The number of nitrogens with two attached hydrogens (primary N) is 1. The number of hydrogen-bond donors (Lipinski definition) is 2. The van der Waals surface area contributed by atoms with Gasteiger partial charge < -0.3 is 0 Å². The highest BCUT2D eigenvalue weighted by atomic mass is 79.9. The average Bonchev–Trinajstić information content (AvgIpc) is 2.78. The predicted molar refractivity (Wildman–Crippen MR) is 81.2 cm³/mol. The lowest BCUT2D eigenvalue weighted by atomic mass is 10.1. The van der Waals surface area contributed by atoms with Gasteiger partial charge in [0.15, 0.2) is 0 Å². The molecule has 5 nitrogen and oxygen atoms in total. The van der Waals surface area contributed by atoms with E-state index < -0.39 is 0 Å². The lowest BCUT2D eigenvalue weighted by Crippen LogP contribution is -2.29. The fourth-order valence-electron chi connectivity index (χ4n) is 1.92. The molecule has 0 amide bonds. The van der Waals surface area contributed by atoms with Crippen LogP contribution in [0.2, 0.25) is 0 Å². The van der Waals surface area contributed by atoms with E-state index in [1.807, 2.05) is 23.9 Å². The summed E-state index contributed by atoms with van der Waals surface area (Å²) in [5.41, 5.74) is 4.91. The van der Waals surface area contributed by atoms with Crippen LogP contribution in [-0.2, 0) is 13.5 Å². The SMILES string of the molecule is Cn1nccc1CCC(NN)c1ncc(Br)cc1Br. The van der Waals surface area contributed by atoms with Gasteiger partial charge in [-0.25, -0.2) is 0 Å². The highest BCUT2D eigenvalue weighted by molar-refractivity contribution is 9.11. The van der Waals surface area contributed by atoms with Crippen molar-refractivity contribution in [3.05, 3.63) is 44.9 Å². The van der Waals surface area contributed by atoms with Crippen molar-refractivity contribution >= 4 is 31.9 Å². The van der Waals surface area contributed by atoms with E-state index >= 15 is 0 Å². The summed E-state index contributed by atoms with van der Waals surface area (Å²) < 4.78 is 3.75. The number of nitrogens with one attached hydrogen (secondary N) is 1. The van der Waals surface area contributed by atoms with Crippen molar-refractivity contribution in [2.75, 3.05) is 0 Å². The maximum absolute atomic E-state index is 5.64. The molecular formula is C12H15Br2N5. The Labute approximate surface area is 128 Å². The minimum Gasteiger partial charge on any atom is -0.273 e. The van der Waals surface area contributed by atoms with Crippen LogP contribution in [-0.4, -0.2) is 14.8 Å². The Balaban J connectivity index is 2.10. The summed E-state index contributed by atoms with van der Waals surface area (Å²) in [5, 5.41) is 4.16. The highest BCUT2D eigenvalue weighted by Crippen LogP contribution is 2.26. The molecule has 0 aliphatic heterocycles. The number of rotatable bonds is 5. The second-order valence-corrected chi connectivity index (χ2v) is 5.99. The summed E-state index contributed by atoms with van der Waals surface area (Å²) in [5.74, 6) is 5.64. The van der Waals surface area contributed by atoms with Crippen LogP contribution in [0, 0.1) is 0 Å². The largest absolute Gasteiger partial charge is 0.273 e. The summed E-state index contributed by atoms with van der Waals surface area (Å²) in [7, 11) is 1.94. The van der Waals surface area contributed by atoms with Crippen LogP contribution < -0.4 is 11.3 Å². The summed E-state index contributed by atoms with van der Waals surface area (Å²) in [6.07, 6.45) is 5.31. The predicted octanol–water partition coefficient (Wildman–Crippen LogP) is 2.48. The Hall–Kier alpha value is -0.760. The zero-order valence-electron chi connectivity index (χ0n) is 10.5. The standard InChI is InChI=1S/C12H15Br2N5/c1-19-9(4-5-17-19)2-3-11(18-15)12-10(14)6-8(13)7-16-12/h4-7,11,18H,2-3,15H2,1H3. The van der Waals surface area contributed by atoms with Crippen LogP contribution in [0.5, 0.6) is 0 Å². The average molecular weight is 389 g/mol. The third-order valence-electron chi connectivity index (χ3n) is 2.98. The molecule has 0 aliphatic carbocycles. The van der Waals surface area contributed by atoms with E-state index in [0.717, 1.165) is 27.5 Å². The third-order valence-corrected chi connectivity index (χ3v) is 4.05. The zero-order chi connectivity index (χ0) is 13.8. The number of nitrogens with zero attached hydrogens (tertiary/aromatic N) is 3. The van der Waals surface area contributed by atoms with Crippen LogP contribution in [0.3, 0.4) is 0 Å². The molecule has 0 fully saturated rings. The van der Waals surface area contributed by atoms with E-state index in [0.29, 0.717) is 0 Å². The Morgan fingerprint density at radius 2 is 2.26 bits per heavy atom. The van der Waals surface area contributed by atoms with Crippen molar-refractivity contribution < 1.29 is 0 Å². The monoisotopic (exact) mass is 387 g/mol. The third kappa shape index (κ3) is 3.62. The van der Waals surface area contributed by atoms with Gasteiger partial charge in [-0.2, -0.15) is 5.10 Å². The molecule has 2 aromatic rings. The van der Waals surface area contributed by atoms with Crippen molar-refractivity contribution in [2.45, 2.75) is 18.9 Å². The number of hydrogen-bond acceptors (Lipinski definition) is 4. The first-order valence-corrected chi connectivity index (χ1v) is 7.44. The summed E-state index contributed by atoms with van der Waals surface area (Å²) in [6.45, 7) is 0. The molecule has 2 rings (SSSR count). The van der Waals surface area contributed by atoms with E-state index in [9.17, 15) is 0 Å². The quantitative estimate of drug-likeness (QED) is 0.609. The lowest BCUT2D eigenvalue weighted by molar-refractivity contribution is 0.494.